The normalized spacial score (nSPS) is 19.4. The van der Waals surface area contributed by atoms with Gasteiger partial charge in [0.2, 0.25) is 0 Å². The average Bonchev–Trinajstić information content (AvgIpc) is 2.50. The predicted octanol–water partition coefficient (Wildman–Crippen LogP) is 3.28. The van der Waals surface area contributed by atoms with Gasteiger partial charge < -0.3 is 5.73 Å². The lowest BCUT2D eigenvalue weighted by Gasteiger charge is -2.38. The molecular formula is C19H22F2N2. The van der Waals surface area contributed by atoms with Crippen molar-refractivity contribution in [1.82, 2.24) is 4.90 Å². The van der Waals surface area contributed by atoms with Crippen LogP contribution in [0.4, 0.5) is 8.78 Å². The molecule has 0 fully saturated rings. The summed E-state index contributed by atoms with van der Waals surface area (Å²) in [6.45, 7) is 3.57. The molecule has 122 valence electrons. The average molecular weight is 316 g/mol. The maximum Gasteiger partial charge on any atom is 0.123 e. The van der Waals surface area contributed by atoms with Crippen molar-refractivity contribution in [3.8, 4) is 0 Å². The van der Waals surface area contributed by atoms with Gasteiger partial charge in [-0.2, -0.15) is 0 Å². The molecule has 4 heteroatoms. The van der Waals surface area contributed by atoms with Crippen molar-refractivity contribution >= 4 is 0 Å². The van der Waals surface area contributed by atoms with Crippen LogP contribution >= 0.6 is 0 Å². The Morgan fingerprint density at radius 2 is 1.78 bits per heavy atom. The Morgan fingerprint density at radius 3 is 2.48 bits per heavy atom. The number of rotatable bonds is 4. The summed E-state index contributed by atoms with van der Waals surface area (Å²) in [5.74, 6) is -0.415. The van der Waals surface area contributed by atoms with Crippen LogP contribution in [0.5, 0.6) is 0 Å². The summed E-state index contributed by atoms with van der Waals surface area (Å²) in [5.41, 5.74) is 9.32. The van der Waals surface area contributed by atoms with Crippen LogP contribution in [0.2, 0.25) is 0 Å². The van der Waals surface area contributed by atoms with Crippen LogP contribution in [0.25, 0.3) is 0 Å². The summed E-state index contributed by atoms with van der Waals surface area (Å²) in [6, 6.07) is 12.0. The summed E-state index contributed by atoms with van der Waals surface area (Å²) in [7, 11) is 0. The Bertz CT molecular complexity index is 668. The number of hydrogen-bond acceptors (Lipinski definition) is 2. The van der Waals surface area contributed by atoms with Gasteiger partial charge in [0.15, 0.2) is 0 Å². The third-order valence-corrected chi connectivity index (χ3v) is 4.42. The molecule has 0 aliphatic carbocycles. The molecule has 2 unspecified atom stereocenters. The van der Waals surface area contributed by atoms with Crippen LogP contribution in [0.15, 0.2) is 42.5 Å². The maximum absolute atomic E-state index is 13.5. The first kappa shape index (κ1) is 16.1. The lowest BCUT2D eigenvalue weighted by molar-refractivity contribution is 0.162. The van der Waals surface area contributed by atoms with Gasteiger partial charge in [0.05, 0.1) is 0 Å². The summed E-state index contributed by atoms with van der Waals surface area (Å²) < 4.78 is 26.6. The van der Waals surface area contributed by atoms with E-state index in [0.29, 0.717) is 0 Å². The molecule has 2 N–H and O–H groups in total. The zero-order valence-electron chi connectivity index (χ0n) is 13.3. The van der Waals surface area contributed by atoms with Crippen molar-refractivity contribution in [3.05, 3.63) is 70.8 Å². The summed E-state index contributed by atoms with van der Waals surface area (Å²) >= 11 is 0. The molecule has 0 radical (unpaired) electrons. The van der Waals surface area contributed by atoms with Gasteiger partial charge in [0.25, 0.3) is 0 Å². The van der Waals surface area contributed by atoms with Gasteiger partial charge in [-0.15, -0.1) is 0 Å². The molecular weight excluding hydrogens is 294 g/mol. The highest BCUT2D eigenvalue weighted by Crippen LogP contribution is 2.26. The Kier molecular flexibility index (Phi) is 4.74. The minimum absolute atomic E-state index is 0.0766. The second-order valence-electron chi connectivity index (χ2n) is 6.51. The molecule has 2 atom stereocenters. The molecule has 0 saturated heterocycles. The van der Waals surface area contributed by atoms with E-state index in [1.807, 2.05) is 25.1 Å². The van der Waals surface area contributed by atoms with Gasteiger partial charge in [-0.05, 0) is 60.7 Å². The van der Waals surface area contributed by atoms with E-state index in [2.05, 4.69) is 4.90 Å². The van der Waals surface area contributed by atoms with Crippen LogP contribution < -0.4 is 5.73 Å². The molecule has 0 spiro atoms. The van der Waals surface area contributed by atoms with E-state index in [9.17, 15) is 8.78 Å². The maximum atomic E-state index is 13.5. The van der Waals surface area contributed by atoms with Crippen LogP contribution in [0, 0.1) is 11.6 Å². The third-order valence-electron chi connectivity index (χ3n) is 4.42. The second-order valence-corrected chi connectivity index (χ2v) is 6.51. The number of hydrogen-bond donors (Lipinski definition) is 1. The van der Waals surface area contributed by atoms with E-state index in [-0.39, 0.29) is 23.7 Å². The minimum atomic E-state index is -0.225. The van der Waals surface area contributed by atoms with Crippen LogP contribution in [-0.4, -0.2) is 23.5 Å². The van der Waals surface area contributed by atoms with E-state index in [0.717, 1.165) is 37.1 Å². The molecule has 0 aromatic heterocycles. The summed E-state index contributed by atoms with van der Waals surface area (Å²) in [4.78, 5) is 2.36. The SMILES string of the molecule is CC(N)CN1Cc2ccc(F)cc2CC1Cc1ccc(F)cc1. The predicted molar refractivity (Wildman–Crippen MR) is 88.1 cm³/mol. The van der Waals surface area contributed by atoms with E-state index >= 15 is 0 Å². The van der Waals surface area contributed by atoms with Crippen molar-refractivity contribution in [2.45, 2.75) is 38.4 Å². The lowest BCUT2D eigenvalue weighted by atomic mass is 9.90. The smallest absolute Gasteiger partial charge is 0.123 e. The molecule has 2 aromatic carbocycles. The van der Waals surface area contributed by atoms with Gasteiger partial charge in [0.1, 0.15) is 11.6 Å². The molecule has 1 aliphatic rings. The highest BCUT2D eigenvalue weighted by molar-refractivity contribution is 5.32. The highest BCUT2D eigenvalue weighted by atomic mass is 19.1. The second kappa shape index (κ2) is 6.77. The standard InChI is InChI=1S/C19H22F2N2/c1-13(22)11-23-12-15-4-7-18(21)9-16(15)10-19(23)8-14-2-5-17(20)6-3-14/h2-7,9,13,19H,8,10-12,22H2,1H3. The summed E-state index contributed by atoms with van der Waals surface area (Å²) in [5, 5.41) is 0. The zero-order valence-corrected chi connectivity index (χ0v) is 13.3. The topological polar surface area (TPSA) is 29.3 Å². The largest absolute Gasteiger partial charge is 0.327 e. The van der Waals surface area contributed by atoms with E-state index in [4.69, 9.17) is 5.73 Å². The number of nitrogens with two attached hydrogens (primary N) is 1. The van der Waals surface area contributed by atoms with Crippen molar-refractivity contribution in [3.63, 3.8) is 0 Å². The van der Waals surface area contributed by atoms with E-state index < -0.39 is 0 Å². The van der Waals surface area contributed by atoms with Gasteiger partial charge in [0, 0.05) is 25.2 Å². The monoisotopic (exact) mass is 316 g/mol. The van der Waals surface area contributed by atoms with Crippen LogP contribution in [-0.2, 0) is 19.4 Å². The molecule has 0 saturated carbocycles. The van der Waals surface area contributed by atoms with Gasteiger partial charge >= 0.3 is 0 Å². The number of nitrogens with zero attached hydrogens (tertiary/aromatic N) is 1. The molecule has 3 rings (SSSR count). The Morgan fingerprint density at radius 1 is 1.09 bits per heavy atom. The van der Waals surface area contributed by atoms with Gasteiger partial charge in [-0.25, -0.2) is 8.78 Å². The van der Waals surface area contributed by atoms with Crippen molar-refractivity contribution in [1.29, 1.82) is 0 Å². The molecule has 0 amide bonds. The van der Waals surface area contributed by atoms with Crippen LogP contribution in [0.3, 0.4) is 0 Å². The Balaban J connectivity index is 1.83. The van der Waals surface area contributed by atoms with Gasteiger partial charge in [-0.3, -0.25) is 4.90 Å². The molecule has 2 nitrogen and oxygen atoms in total. The molecule has 23 heavy (non-hydrogen) atoms. The fraction of sp³-hybridized carbons (Fsp3) is 0.368. The van der Waals surface area contributed by atoms with E-state index in [1.54, 1.807) is 6.07 Å². The van der Waals surface area contributed by atoms with Crippen LogP contribution in [0.1, 0.15) is 23.6 Å². The molecule has 0 bridgehead atoms. The highest BCUT2D eigenvalue weighted by Gasteiger charge is 2.27. The molecule has 1 heterocycles. The number of benzene rings is 2. The fourth-order valence-electron chi connectivity index (χ4n) is 3.35. The van der Waals surface area contributed by atoms with Gasteiger partial charge in [-0.1, -0.05) is 18.2 Å². The summed E-state index contributed by atoms with van der Waals surface area (Å²) in [6.07, 6.45) is 1.60. The van der Waals surface area contributed by atoms with Crippen molar-refractivity contribution in [2.75, 3.05) is 6.54 Å². The first-order valence-corrected chi connectivity index (χ1v) is 8.02. The third kappa shape index (κ3) is 3.95. The number of halogens is 2. The molecule has 2 aromatic rings. The van der Waals surface area contributed by atoms with Crippen molar-refractivity contribution in [2.24, 2.45) is 5.73 Å². The quantitative estimate of drug-likeness (QED) is 0.938. The first-order valence-electron chi connectivity index (χ1n) is 8.02. The molecule has 1 aliphatic heterocycles. The lowest BCUT2D eigenvalue weighted by Crippen LogP contribution is -2.46. The zero-order chi connectivity index (χ0) is 16.4. The first-order chi connectivity index (χ1) is 11.0. The Labute approximate surface area is 135 Å². The Hall–Kier alpha value is -1.78. The fourth-order valence-corrected chi connectivity index (χ4v) is 3.35. The van der Waals surface area contributed by atoms with E-state index in [1.165, 1.54) is 23.8 Å². The van der Waals surface area contributed by atoms with Crippen molar-refractivity contribution < 1.29 is 8.78 Å². The number of fused-ring (bicyclic) bond motifs is 1. The minimum Gasteiger partial charge on any atom is -0.327 e.